The number of likely N-dealkylation sites (tertiary alicyclic amines) is 1. The summed E-state index contributed by atoms with van der Waals surface area (Å²) in [5.74, 6) is 0.598. The van der Waals surface area contributed by atoms with Crippen LogP contribution in [0.15, 0.2) is 47.1 Å². The molecular weight excluding hydrogens is 385 g/mol. The van der Waals surface area contributed by atoms with Gasteiger partial charge in [-0.2, -0.15) is 0 Å². The second-order valence-electron chi connectivity index (χ2n) is 8.34. The second-order valence-corrected chi connectivity index (χ2v) is 8.34. The monoisotopic (exact) mass is 413 g/mol. The molecule has 4 rings (SSSR count). The normalized spacial score (nSPS) is 22.0. The Kier molecular flexibility index (Phi) is 5.64. The van der Waals surface area contributed by atoms with Crippen molar-refractivity contribution in [2.45, 2.75) is 51.4 Å². The lowest BCUT2D eigenvalue weighted by atomic mass is 9.94. The van der Waals surface area contributed by atoms with Gasteiger partial charge >= 0.3 is 0 Å². The minimum absolute atomic E-state index is 0.0964. The van der Waals surface area contributed by atoms with Crippen molar-refractivity contribution in [3.63, 3.8) is 0 Å². The lowest BCUT2D eigenvalue weighted by Gasteiger charge is -2.44. The van der Waals surface area contributed by atoms with Gasteiger partial charge in [0.05, 0.1) is 24.5 Å². The Morgan fingerprint density at radius 3 is 2.57 bits per heavy atom. The van der Waals surface area contributed by atoms with Gasteiger partial charge in [0, 0.05) is 31.5 Å². The number of nitrogens with one attached hydrogen (secondary N) is 1. The zero-order chi connectivity index (χ0) is 21.3. The number of benzene rings is 1. The van der Waals surface area contributed by atoms with E-state index in [9.17, 15) is 14.0 Å². The zero-order valence-corrected chi connectivity index (χ0v) is 17.4. The Morgan fingerprint density at radius 1 is 1.27 bits per heavy atom. The highest BCUT2D eigenvalue weighted by Crippen LogP contribution is 2.36. The number of carbonyl (C=O) groups excluding carboxylic acids is 2. The summed E-state index contributed by atoms with van der Waals surface area (Å²) in [6.45, 7) is 5.65. The largest absolute Gasteiger partial charge is 0.467 e. The van der Waals surface area contributed by atoms with Crippen molar-refractivity contribution in [2.24, 2.45) is 5.92 Å². The van der Waals surface area contributed by atoms with Gasteiger partial charge in [-0.3, -0.25) is 14.9 Å². The summed E-state index contributed by atoms with van der Waals surface area (Å²) in [4.78, 5) is 29.8. The van der Waals surface area contributed by atoms with Crippen molar-refractivity contribution in [2.75, 3.05) is 13.1 Å². The molecule has 2 aliphatic rings. The number of hydrogen-bond acceptors (Lipinski definition) is 4. The smallest absolute Gasteiger partial charge is 0.253 e. The molecule has 0 radical (unpaired) electrons. The maximum Gasteiger partial charge on any atom is 0.253 e. The molecule has 1 spiro atoms. The van der Waals surface area contributed by atoms with E-state index < -0.39 is 5.66 Å². The van der Waals surface area contributed by atoms with E-state index in [0.717, 1.165) is 12.2 Å². The van der Waals surface area contributed by atoms with Crippen molar-refractivity contribution in [3.8, 4) is 0 Å². The van der Waals surface area contributed by atoms with E-state index in [0.29, 0.717) is 38.0 Å². The quantitative estimate of drug-likeness (QED) is 0.816. The van der Waals surface area contributed by atoms with E-state index in [4.69, 9.17) is 4.42 Å². The number of carbonyl (C=O) groups is 2. The van der Waals surface area contributed by atoms with Gasteiger partial charge in [-0.25, -0.2) is 4.39 Å². The molecule has 0 aliphatic carbocycles. The summed E-state index contributed by atoms with van der Waals surface area (Å²) in [6, 6.07) is 9.11. The fourth-order valence-corrected chi connectivity index (χ4v) is 4.49. The first-order chi connectivity index (χ1) is 14.4. The number of nitrogens with zero attached hydrogens (tertiary/aromatic N) is 2. The number of hydrogen-bond donors (Lipinski definition) is 1. The molecule has 0 saturated carbocycles. The molecule has 2 fully saturated rings. The van der Waals surface area contributed by atoms with Gasteiger partial charge in [0.25, 0.3) is 5.91 Å². The van der Waals surface area contributed by atoms with E-state index in [1.165, 1.54) is 24.3 Å². The highest BCUT2D eigenvalue weighted by Gasteiger charge is 2.53. The third-order valence-corrected chi connectivity index (χ3v) is 6.55. The molecule has 0 bridgehead atoms. The van der Waals surface area contributed by atoms with Crippen molar-refractivity contribution in [1.82, 2.24) is 15.1 Å². The standard InChI is InChI=1S/C23H28FN3O3/c1-3-16(2)20-22(29)27(15-19-5-4-14-30-19)23(25-20)10-12-26(13-11-23)21(28)17-6-8-18(24)9-7-17/h4-9,14,16,20,25H,3,10-13,15H2,1-2H3. The SMILES string of the molecule is CCC(C)C1NC2(CCN(C(=O)c3ccc(F)cc3)CC2)N(Cc2ccco2)C1=O. The van der Waals surface area contributed by atoms with E-state index in [1.807, 2.05) is 17.0 Å². The number of piperidine rings is 1. The van der Waals surface area contributed by atoms with Crippen LogP contribution < -0.4 is 5.32 Å². The van der Waals surface area contributed by atoms with Gasteiger partial charge in [0.15, 0.2) is 0 Å². The van der Waals surface area contributed by atoms with Crippen LogP contribution in [-0.2, 0) is 11.3 Å². The Morgan fingerprint density at radius 2 is 1.97 bits per heavy atom. The molecule has 2 atom stereocenters. The summed E-state index contributed by atoms with van der Waals surface area (Å²) < 4.78 is 18.7. The highest BCUT2D eigenvalue weighted by molar-refractivity contribution is 5.94. The number of halogens is 1. The van der Waals surface area contributed by atoms with E-state index in [2.05, 4.69) is 19.2 Å². The van der Waals surface area contributed by atoms with Gasteiger partial charge in [-0.05, 0) is 42.3 Å². The lowest BCUT2D eigenvalue weighted by molar-refractivity contribution is -0.135. The summed E-state index contributed by atoms with van der Waals surface area (Å²) in [7, 11) is 0. The van der Waals surface area contributed by atoms with Gasteiger partial charge in [-0.15, -0.1) is 0 Å². The molecule has 3 heterocycles. The van der Waals surface area contributed by atoms with Crippen LogP contribution in [-0.4, -0.2) is 46.4 Å². The van der Waals surface area contributed by atoms with Crippen LogP contribution in [0.3, 0.4) is 0 Å². The number of rotatable bonds is 5. The summed E-state index contributed by atoms with van der Waals surface area (Å²) >= 11 is 0. The minimum Gasteiger partial charge on any atom is -0.467 e. The molecule has 30 heavy (non-hydrogen) atoms. The fourth-order valence-electron chi connectivity index (χ4n) is 4.49. The predicted molar refractivity (Wildman–Crippen MR) is 110 cm³/mol. The summed E-state index contributed by atoms with van der Waals surface area (Å²) in [5.41, 5.74) is -0.00917. The number of furan rings is 1. The van der Waals surface area contributed by atoms with Crippen LogP contribution in [0.4, 0.5) is 4.39 Å². The molecule has 7 heteroatoms. The average Bonchev–Trinajstić information content (AvgIpc) is 3.37. The molecule has 160 valence electrons. The molecule has 2 saturated heterocycles. The second kappa shape index (κ2) is 8.22. The van der Waals surface area contributed by atoms with E-state index in [-0.39, 0.29) is 29.6 Å². The first-order valence-electron chi connectivity index (χ1n) is 10.6. The van der Waals surface area contributed by atoms with Crippen LogP contribution in [0.2, 0.25) is 0 Å². The Bertz CT molecular complexity index is 889. The first kappa shape index (κ1) is 20.6. The third kappa shape index (κ3) is 3.74. The van der Waals surface area contributed by atoms with Gasteiger partial charge < -0.3 is 14.2 Å². The first-order valence-corrected chi connectivity index (χ1v) is 10.6. The van der Waals surface area contributed by atoms with Crippen LogP contribution in [0.5, 0.6) is 0 Å². The molecule has 2 aliphatic heterocycles. The van der Waals surface area contributed by atoms with E-state index in [1.54, 1.807) is 11.2 Å². The van der Waals surface area contributed by atoms with Crippen LogP contribution >= 0.6 is 0 Å². The van der Waals surface area contributed by atoms with Gasteiger partial charge in [-0.1, -0.05) is 20.3 Å². The van der Waals surface area contributed by atoms with Crippen LogP contribution in [0.25, 0.3) is 0 Å². The summed E-state index contributed by atoms with van der Waals surface area (Å²) in [5, 5.41) is 3.62. The lowest BCUT2D eigenvalue weighted by Crippen LogP contribution is -2.59. The van der Waals surface area contributed by atoms with Gasteiger partial charge in [0.1, 0.15) is 11.6 Å². The molecule has 6 nitrogen and oxygen atoms in total. The molecule has 1 N–H and O–H groups in total. The third-order valence-electron chi connectivity index (χ3n) is 6.55. The number of amides is 2. The molecule has 2 aromatic rings. The maximum atomic E-state index is 13.3. The predicted octanol–water partition coefficient (Wildman–Crippen LogP) is 3.40. The van der Waals surface area contributed by atoms with Crippen molar-refractivity contribution in [1.29, 1.82) is 0 Å². The van der Waals surface area contributed by atoms with E-state index >= 15 is 0 Å². The van der Waals surface area contributed by atoms with Crippen LogP contribution in [0.1, 0.15) is 49.2 Å². The average molecular weight is 413 g/mol. The Balaban J connectivity index is 1.52. The summed E-state index contributed by atoms with van der Waals surface area (Å²) in [6.07, 6.45) is 3.80. The van der Waals surface area contributed by atoms with Gasteiger partial charge in [0.2, 0.25) is 5.91 Å². The molecule has 2 amide bonds. The molecule has 1 aromatic carbocycles. The van der Waals surface area contributed by atoms with Crippen LogP contribution in [0, 0.1) is 11.7 Å². The van der Waals surface area contributed by atoms with Crippen molar-refractivity contribution in [3.05, 3.63) is 59.8 Å². The molecule has 1 aromatic heterocycles. The Hall–Kier alpha value is -2.67. The zero-order valence-electron chi connectivity index (χ0n) is 17.4. The maximum absolute atomic E-state index is 13.3. The molecule has 2 unspecified atom stereocenters. The molecular formula is C23H28FN3O3. The topological polar surface area (TPSA) is 65.8 Å². The minimum atomic E-state index is -0.489. The van der Waals surface area contributed by atoms with Crippen molar-refractivity contribution < 1.29 is 18.4 Å². The fraction of sp³-hybridized carbons (Fsp3) is 0.478. The highest BCUT2D eigenvalue weighted by atomic mass is 19.1. The Labute approximate surface area is 176 Å². The van der Waals surface area contributed by atoms with Crippen molar-refractivity contribution >= 4 is 11.8 Å².